The highest BCUT2D eigenvalue weighted by Crippen LogP contribution is 2.29. The van der Waals surface area contributed by atoms with Crippen molar-refractivity contribution >= 4 is 11.7 Å². The number of hydrogen-bond acceptors (Lipinski definition) is 5. The van der Waals surface area contributed by atoms with E-state index < -0.39 is 0 Å². The summed E-state index contributed by atoms with van der Waals surface area (Å²) in [5.74, 6) is 0.510. The second-order valence-electron chi connectivity index (χ2n) is 4.28. The summed E-state index contributed by atoms with van der Waals surface area (Å²) in [6.07, 6.45) is 2.25. The van der Waals surface area contributed by atoms with Gasteiger partial charge >= 0.3 is 0 Å². The molecule has 0 radical (unpaired) electrons. The number of aliphatic hydroxyl groups excluding tert-OH is 1. The van der Waals surface area contributed by atoms with Crippen molar-refractivity contribution in [2.75, 3.05) is 24.6 Å². The van der Waals surface area contributed by atoms with Gasteiger partial charge in [0.1, 0.15) is 0 Å². The largest absolute Gasteiger partial charge is 0.395 e. The summed E-state index contributed by atoms with van der Waals surface area (Å²) in [5.41, 5.74) is 0.320. The first-order valence-corrected chi connectivity index (χ1v) is 6.25. The molecule has 6 nitrogen and oxygen atoms in total. The minimum atomic E-state index is -0.211. The summed E-state index contributed by atoms with van der Waals surface area (Å²) in [7, 11) is 0. The lowest BCUT2D eigenvalue weighted by Crippen LogP contribution is -2.30. The number of anilines is 1. The lowest BCUT2D eigenvalue weighted by molar-refractivity contribution is 0.0950. The van der Waals surface area contributed by atoms with Gasteiger partial charge in [0.2, 0.25) is 0 Å². The Labute approximate surface area is 106 Å². The first-order valence-electron chi connectivity index (χ1n) is 6.25. The molecule has 2 N–H and O–H groups in total. The standard InChI is InChI=1S/C12H18N4O2/c1-2-13-12(18)10-5-6-11(15-14-10)16(7-8-17)9-3-4-9/h5-6,9,17H,2-4,7-8H2,1H3,(H,13,18). The molecule has 0 bridgehead atoms. The van der Waals surface area contributed by atoms with Crippen LogP contribution in [-0.4, -0.2) is 46.9 Å². The van der Waals surface area contributed by atoms with Crippen molar-refractivity contribution in [3.05, 3.63) is 17.8 Å². The van der Waals surface area contributed by atoms with Crippen molar-refractivity contribution in [2.45, 2.75) is 25.8 Å². The van der Waals surface area contributed by atoms with Crippen LogP contribution in [0.2, 0.25) is 0 Å². The molecule has 1 aromatic heterocycles. The van der Waals surface area contributed by atoms with Crippen molar-refractivity contribution in [3.8, 4) is 0 Å². The molecule has 1 amide bonds. The number of amides is 1. The molecule has 1 fully saturated rings. The molecule has 0 aromatic carbocycles. The molecule has 1 aliphatic rings. The number of carbonyl (C=O) groups is 1. The number of aromatic nitrogens is 2. The average Bonchev–Trinajstić information content (AvgIpc) is 3.21. The van der Waals surface area contributed by atoms with Crippen molar-refractivity contribution < 1.29 is 9.90 Å². The number of carbonyl (C=O) groups excluding carboxylic acids is 1. The van der Waals surface area contributed by atoms with E-state index >= 15 is 0 Å². The van der Waals surface area contributed by atoms with Crippen molar-refractivity contribution in [1.82, 2.24) is 15.5 Å². The summed E-state index contributed by atoms with van der Waals surface area (Å²) in [4.78, 5) is 13.6. The SMILES string of the molecule is CCNC(=O)c1ccc(N(CCO)C2CC2)nn1. The fraction of sp³-hybridized carbons (Fsp3) is 0.583. The second kappa shape index (κ2) is 5.77. The minimum Gasteiger partial charge on any atom is -0.395 e. The predicted molar refractivity (Wildman–Crippen MR) is 67.5 cm³/mol. The highest BCUT2D eigenvalue weighted by atomic mass is 16.3. The van der Waals surface area contributed by atoms with Gasteiger partial charge in [-0.15, -0.1) is 10.2 Å². The quantitative estimate of drug-likeness (QED) is 0.753. The van der Waals surface area contributed by atoms with Crippen LogP contribution in [-0.2, 0) is 0 Å². The van der Waals surface area contributed by atoms with Crippen molar-refractivity contribution in [1.29, 1.82) is 0 Å². The lowest BCUT2D eigenvalue weighted by atomic mass is 10.3. The Kier molecular flexibility index (Phi) is 4.09. The molecule has 1 saturated carbocycles. The van der Waals surface area contributed by atoms with Crippen LogP contribution in [0.3, 0.4) is 0 Å². The number of hydrogen-bond donors (Lipinski definition) is 2. The van der Waals surface area contributed by atoms with E-state index in [9.17, 15) is 4.79 Å². The molecule has 0 unspecified atom stereocenters. The van der Waals surface area contributed by atoms with Gasteiger partial charge in [0.05, 0.1) is 6.61 Å². The van der Waals surface area contributed by atoms with E-state index in [0.717, 1.165) is 18.7 Å². The fourth-order valence-corrected chi connectivity index (χ4v) is 1.83. The Morgan fingerprint density at radius 2 is 2.28 bits per heavy atom. The Hall–Kier alpha value is -1.69. The van der Waals surface area contributed by atoms with E-state index in [4.69, 9.17) is 5.11 Å². The first-order chi connectivity index (χ1) is 8.76. The van der Waals surface area contributed by atoms with Crippen molar-refractivity contribution in [2.24, 2.45) is 0 Å². The highest BCUT2D eigenvalue weighted by Gasteiger charge is 2.29. The summed E-state index contributed by atoms with van der Waals surface area (Å²) in [6.45, 7) is 3.08. The maximum absolute atomic E-state index is 11.5. The van der Waals surface area contributed by atoms with Crippen LogP contribution in [0.15, 0.2) is 12.1 Å². The third kappa shape index (κ3) is 2.95. The summed E-state index contributed by atoms with van der Waals surface area (Å²) in [5, 5.41) is 19.7. The van der Waals surface area contributed by atoms with E-state index in [1.54, 1.807) is 12.1 Å². The number of aliphatic hydroxyl groups is 1. The molecule has 0 saturated heterocycles. The molecule has 0 aliphatic heterocycles. The molecule has 0 atom stereocenters. The van der Waals surface area contributed by atoms with Crippen LogP contribution in [0, 0.1) is 0 Å². The van der Waals surface area contributed by atoms with Gasteiger partial charge < -0.3 is 15.3 Å². The van der Waals surface area contributed by atoms with Gasteiger partial charge in [0, 0.05) is 19.1 Å². The van der Waals surface area contributed by atoms with Gasteiger partial charge in [0.15, 0.2) is 11.5 Å². The zero-order chi connectivity index (χ0) is 13.0. The normalized spacial score (nSPS) is 14.3. The van der Waals surface area contributed by atoms with E-state index in [1.807, 2.05) is 11.8 Å². The Balaban J connectivity index is 2.07. The Morgan fingerprint density at radius 1 is 1.50 bits per heavy atom. The molecule has 18 heavy (non-hydrogen) atoms. The van der Waals surface area contributed by atoms with E-state index in [0.29, 0.717) is 24.8 Å². The van der Waals surface area contributed by atoms with E-state index in [-0.39, 0.29) is 12.5 Å². The molecule has 2 rings (SSSR count). The third-order valence-corrected chi connectivity index (χ3v) is 2.84. The Morgan fingerprint density at radius 3 is 2.78 bits per heavy atom. The van der Waals surface area contributed by atoms with Gasteiger partial charge in [-0.2, -0.15) is 0 Å². The zero-order valence-electron chi connectivity index (χ0n) is 10.5. The summed E-state index contributed by atoms with van der Waals surface area (Å²) in [6, 6.07) is 3.91. The number of nitrogens with one attached hydrogen (secondary N) is 1. The minimum absolute atomic E-state index is 0.0935. The molecule has 6 heteroatoms. The first kappa shape index (κ1) is 12.8. The number of nitrogens with zero attached hydrogens (tertiary/aromatic N) is 3. The maximum Gasteiger partial charge on any atom is 0.271 e. The summed E-state index contributed by atoms with van der Waals surface area (Å²) < 4.78 is 0. The van der Waals surface area contributed by atoms with Gasteiger partial charge in [-0.1, -0.05) is 0 Å². The summed E-state index contributed by atoms with van der Waals surface area (Å²) >= 11 is 0. The average molecular weight is 250 g/mol. The van der Waals surface area contributed by atoms with Crippen LogP contribution < -0.4 is 10.2 Å². The van der Waals surface area contributed by atoms with E-state index in [1.165, 1.54) is 0 Å². The molecule has 1 aliphatic carbocycles. The Bertz CT molecular complexity index is 403. The lowest BCUT2D eigenvalue weighted by Gasteiger charge is -2.21. The third-order valence-electron chi connectivity index (χ3n) is 2.84. The van der Waals surface area contributed by atoms with Crippen molar-refractivity contribution in [3.63, 3.8) is 0 Å². The van der Waals surface area contributed by atoms with Gasteiger partial charge in [-0.25, -0.2) is 0 Å². The molecular formula is C12H18N4O2. The van der Waals surface area contributed by atoms with Gasteiger partial charge in [-0.05, 0) is 31.9 Å². The molecular weight excluding hydrogens is 232 g/mol. The smallest absolute Gasteiger partial charge is 0.271 e. The van der Waals surface area contributed by atoms with Gasteiger partial charge in [0.25, 0.3) is 5.91 Å². The van der Waals surface area contributed by atoms with Crippen LogP contribution in [0.25, 0.3) is 0 Å². The second-order valence-corrected chi connectivity index (χ2v) is 4.28. The molecule has 0 spiro atoms. The zero-order valence-corrected chi connectivity index (χ0v) is 10.5. The van der Waals surface area contributed by atoms with Crippen LogP contribution in [0.1, 0.15) is 30.3 Å². The van der Waals surface area contributed by atoms with Crippen LogP contribution >= 0.6 is 0 Å². The predicted octanol–water partition coefficient (Wildman–Crippen LogP) is 0.187. The molecule has 1 heterocycles. The van der Waals surface area contributed by atoms with Gasteiger partial charge in [-0.3, -0.25) is 4.79 Å². The van der Waals surface area contributed by atoms with Crippen LogP contribution in [0.5, 0.6) is 0 Å². The molecule has 98 valence electrons. The fourth-order valence-electron chi connectivity index (χ4n) is 1.83. The molecule has 1 aromatic rings. The topological polar surface area (TPSA) is 78.4 Å². The highest BCUT2D eigenvalue weighted by molar-refractivity contribution is 5.92. The maximum atomic E-state index is 11.5. The monoisotopic (exact) mass is 250 g/mol. The van der Waals surface area contributed by atoms with E-state index in [2.05, 4.69) is 15.5 Å². The van der Waals surface area contributed by atoms with Crippen LogP contribution in [0.4, 0.5) is 5.82 Å². The number of rotatable bonds is 6.